The summed E-state index contributed by atoms with van der Waals surface area (Å²) in [7, 11) is -3.03. The first-order chi connectivity index (χ1) is 9.13. The van der Waals surface area contributed by atoms with E-state index in [2.05, 4.69) is 4.90 Å². The fraction of sp³-hybridized carbons (Fsp3) is 0.923. The predicted molar refractivity (Wildman–Crippen MR) is 82.4 cm³/mol. The van der Waals surface area contributed by atoms with E-state index >= 15 is 0 Å². The van der Waals surface area contributed by atoms with E-state index in [1.807, 2.05) is 13.8 Å². The third-order valence-corrected chi connectivity index (χ3v) is 5.36. The second-order valence-electron chi connectivity index (χ2n) is 6.26. The van der Waals surface area contributed by atoms with Gasteiger partial charge in [-0.05, 0) is 19.4 Å². The Morgan fingerprint density at radius 1 is 1.20 bits per heavy atom. The van der Waals surface area contributed by atoms with Gasteiger partial charge in [0.25, 0.3) is 0 Å². The van der Waals surface area contributed by atoms with Crippen LogP contribution in [0, 0.1) is 10.8 Å². The van der Waals surface area contributed by atoms with Gasteiger partial charge in [-0.2, -0.15) is 4.31 Å². The van der Waals surface area contributed by atoms with Gasteiger partial charge in [-0.1, -0.05) is 20.3 Å². The van der Waals surface area contributed by atoms with Crippen LogP contribution in [0.25, 0.3) is 0 Å². The number of unbranched alkanes of at least 4 members (excludes halogenated alkanes) is 1. The Kier molecular flexibility index (Phi) is 5.97. The highest BCUT2D eigenvalue weighted by Gasteiger charge is 2.24. The third kappa shape index (κ3) is 5.38. The van der Waals surface area contributed by atoms with Crippen LogP contribution < -0.4 is 5.73 Å². The molecule has 1 heterocycles. The standard InChI is InChI=1S/C13H28N4O2S/c1-13(2,12(14)15)6-4-5-7-16-8-10-17(11-9-16)20(3,18)19/h4-11H2,1-3H3,(H3,14,15). The van der Waals surface area contributed by atoms with E-state index in [0.29, 0.717) is 13.1 Å². The largest absolute Gasteiger partial charge is 0.387 e. The highest BCUT2D eigenvalue weighted by Crippen LogP contribution is 2.22. The molecule has 0 bridgehead atoms. The summed E-state index contributed by atoms with van der Waals surface area (Å²) in [6, 6.07) is 0. The molecule has 0 atom stereocenters. The Morgan fingerprint density at radius 3 is 2.20 bits per heavy atom. The molecule has 1 fully saturated rings. The first kappa shape index (κ1) is 17.4. The van der Waals surface area contributed by atoms with Crippen LogP contribution in [0.2, 0.25) is 0 Å². The fourth-order valence-corrected chi connectivity index (χ4v) is 3.15. The number of rotatable bonds is 7. The molecule has 0 saturated carbocycles. The van der Waals surface area contributed by atoms with Crippen molar-refractivity contribution in [1.29, 1.82) is 5.41 Å². The summed E-state index contributed by atoms with van der Waals surface area (Å²) in [5.74, 6) is 0.249. The lowest BCUT2D eigenvalue weighted by molar-refractivity contribution is 0.184. The first-order valence-electron chi connectivity index (χ1n) is 7.15. The summed E-state index contributed by atoms with van der Waals surface area (Å²) in [6.07, 6.45) is 4.30. The Hall–Kier alpha value is -0.660. The summed E-state index contributed by atoms with van der Waals surface area (Å²) in [6.45, 7) is 7.80. The number of amidine groups is 1. The summed E-state index contributed by atoms with van der Waals surface area (Å²) in [5.41, 5.74) is 5.35. The number of piperazine rings is 1. The number of hydrogen-bond acceptors (Lipinski definition) is 4. The maximum Gasteiger partial charge on any atom is 0.211 e. The van der Waals surface area contributed by atoms with Crippen LogP contribution in [0.5, 0.6) is 0 Å². The Bertz CT molecular complexity index is 426. The predicted octanol–water partition coefficient (Wildman–Crippen LogP) is 0.696. The van der Waals surface area contributed by atoms with Gasteiger partial charge >= 0.3 is 0 Å². The number of sulfonamides is 1. The van der Waals surface area contributed by atoms with Crippen molar-refractivity contribution in [3.05, 3.63) is 0 Å². The summed E-state index contributed by atoms with van der Waals surface area (Å²) in [5, 5.41) is 7.51. The van der Waals surface area contributed by atoms with Crippen LogP contribution in [0.15, 0.2) is 0 Å². The second-order valence-corrected chi connectivity index (χ2v) is 8.24. The van der Waals surface area contributed by atoms with Crippen molar-refractivity contribution in [1.82, 2.24) is 9.21 Å². The molecule has 1 aliphatic rings. The van der Waals surface area contributed by atoms with E-state index in [-0.39, 0.29) is 11.3 Å². The zero-order valence-electron chi connectivity index (χ0n) is 12.9. The van der Waals surface area contributed by atoms with Crippen LogP contribution in [0.3, 0.4) is 0 Å². The van der Waals surface area contributed by atoms with Crippen LogP contribution in [-0.4, -0.2) is 62.4 Å². The molecule has 0 aliphatic carbocycles. The van der Waals surface area contributed by atoms with Crippen molar-refractivity contribution in [2.75, 3.05) is 39.0 Å². The minimum atomic E-state index is -3.03. The zero-order chi connectivity index (χ0) is 15.4. The minimum Gasteiger partial charge on any atom is -0.387 e. The van der Waals surface area contributed by atoms with Gasteiger partial charge < -0.3 is 10.6 Å². The van der Waals surface area contributed by atoms with Crippen LogP contribution >= 0.6 is 0 Å². The molecule has 1 rings (SSSR count). The fourth-order valence-electron chi connectivity index (χ4n) is 2.32. The molecular formula is C13H28N4O2S. The van der Waals surface area contributed by atoms with Gasteiger partial charge in [0.1, 0.15) is 0 Å². The lowest BCUT2D eigenvalue weighted by Gasteiger charge is -2.33. The summed E-state index contributed by atoms with van der Waals surface area (Å²) >= 11 is 0. The molecule has 118 valence electrons. The molecule has 0 amide bonds. The van der Waals surface area contributed by atoms with Gasteiger partial charge in [0.15, 0.2) is 0 Å². The number of nitrogens with one attached hydrogen (secondary N) is 1. The molecule has 20 heavy (non-hydrogen) atoms. The molecule has 1 saturated heterocycles. The molecular weight excluding hydrogens is 276 g/mol. The van der Waals surface area contributed by atoms with E-state index < -0.39 is 10.0 Å². The first-order valence-corrected chi connectivity index (χ1v) is 9.00. The van der Waals surface area contributed by atoms with Crippen molar-refractivity contribution in [3.8, 4) is 0 Å². The van der Waals surface area contributed by atoms with E-state index in [4.69, 9.17) is 11.1 Å². The Labute approximate surface area is 122 Å². The van der Waals surface area contributed by atoms with E-state index in [1.165, 1.54) is 6.26 Å². The molecule has 6 nitrogen and oxygen atoms in total. The second kappa shape index (κ2) is 6.87. The molecule has 0 spiro atoms. The maximum atomic E-state index is 11.4. The van der Waals surface area contributed by atoms with Crippen LogP contribution in [0.4, 0.5) is 0 Å². The monoisotopic (exact) mass is 304 g/mol. The van der Waals surface area contributed by atoms with Gasteiger partial charge in [0.05, 0.1) is 12.1 Å². The molecule has 0 aromatic heterocycles. The van der Waals surface area contributed by atoms with Crippen molar-refractivity contribution in [2.24, 2.45) is 11.1 Å². The molecule has 0 aromatic rings. The molecule has 0 radical (unpaired) electrons. The lowest BCUT2D eigenvalue weighted by Crippen LogP contribution is -2.48. The average molecular weight is 304 g/mol. The van der Waals surface area contributed by atoms with Crippen LogP contribution in [-0.2, 0) is 10.0 Å². The van der Waals surface area contributed by atoms with Crippen molar-refractivity contribution in [3.63, 3.8) is 0 Å². The van der Waals surface area contributed by atoms with E-state index in [1.54, 1.807) is 4.31 Å². The van der Waals surface area contributed by atoms with E-state index in [0.717, 1.165) is 38.9 Å². The maximum absolute atomic E-state index is 11.4. The lowest BCUT2D eigenvalue weighted by atomic mass is 9.86. The number of nitrogens with two attached hydrogens (primary N) is 1. The van der Waals surface area contributed by atoms with Crippen LogP contribution in [0.1, 0.15) is 33.1 Å². The number of nitrogens with zero attached hydrogens (tertiary/aromatic N) is 2. The number of hydrogen-bond donors (Lipinski definition) is 2. The van der Waals surface area contributed by atoms with Crippen molar-refractivity contribution >= 4 is 15.9 Å². The smallest absolute Gasteiger partial charge is 0.211 e. The highest BCUT2D eigenvalue weighted by atomic mass is 32.2. The molecule has 1 aliphatic heterocycles. The van der Waals surface area contributed by atoms with Gasteiger partial charge in [-0.25, -0.2) is 8.42 Å². The minimum absolute atomic E-state index is 0.213. The highest BCUT2D eigenvalue weighted by molar-refractivity contribution is 7.88. The Morgan fingerprint density at radius 2 is 1.75 bits per heavy atom. The van der Waals surface area contributed by atoms with Gasteiger partial charge in [-0.3, -0.25) is 5.41 Å². The molecule has 7 heteroatoms. The van der Waals surface area contributed by atoms with E-state index in [9.17, 15) is 8.42 Å². The SMILES string of the molecule is CC(C)(CCCCN1CCN(S(C)(=O)=O)CC1)C(=N)N. The Balaban J connectivity index is 2.21. The molecule has 0 aromatic carbocycles. The summed E-state index contributed by atoms with van der Waals surface area (Å²) < 4.78 is 24.4. The summed E-state index contributed by atoms with van der Waals surface area (Å²) in [4.78, 5) is 2.31. The third-order valence-electron chi connectivity index (χ3n) is 4.06. The van der Waals surface area contributed by atoms with Gasteiger partial charge in [0.2, 0.25) is 10.0 Å². The van der Waals surface area contributed by atoms with Crippen molar-refractivity contribution < 1.29 is 8.42 Å². The normalized spacial score (nSPS) is 19.1. The average Bonchev–Trinajstić information content (AvgIpc) is 2.34. The molecule has 0 unspecified atom stereocenters. The van der Waals surface area contributed by atoms with Gasteiger partial charge in [-0.15, -0.1) is 0 Å². The zero-order valence-corrected chi connectivity index (χ0v) is 13.7. The topological polar surface area (TPSA) is 90.5 Å². The quantitative estimate of drug-likeness (QED) is 0.411. The van der Waals surface area contributed by atoms with Crippen molar-refractivity contribution in [2.45, 2.75) is 33.1 Å². The van der Waals surface area contributed by atoms with Gasteiger partial charge in [0, 0.05) is 31.6 Å². The molecule has 3 N–H and O–H groups in total.